The molecule has 0 saturated carbocycles. The molecule has 0 aliphatic rings. The van der Waals surface area contributed by atoms with E-state index in [2.05, 4.69) is 18.3 Å². The summed E-state index contributed by atoms with van der Waals surface area (Å²) < 4.78 is 0. The maximum atomic E-state index is 11.3. The van der Waals surface area contributed by atoms with E-state index in [0.717, 1.165) is 31.3 Å². The molecule has 0 fully saturated rings. The summed E-state index contributed by atoms with van der Waals surface area (Å²) in [4.78, 5) is 11.3. The SMILES string of the molecule is CCNC(=O)/C=C(C)/C=C/CC(C)CCCC(C)(C)O. The van der Waals surface area contributed by atoms with Crippen LogP contribution in [0.2, 0.25) is 0 Å². The summed E-state index contributed by atoms with van der Waals surface area (Å²) >= 11 is 0. The van der Waals surface area contributed by atoms with Crippen LogP contribution in [0.1, 0.15) is 60.3 Å². The van der Waals surface area contributed by atoms with Crippen LogP contribution < -0.4 is 5.32 Å². The second kappa shape index (κ2) is 9.76. The number of carbonyl (C=O) groups excluding carboxylic acids is 1. The molecule has 0 aromatic rings. The Balaban J connectivity index is 3.96. The molecule has 0 spiro atoms. The Morgan fingerprint density at radius 2 is 2.05 bits per heavy atom. The predicted octanol–water partition coefficient (Wildman–Crippen LogP) is 3.59. The number of likely N-dealkylation sites (N-methyl/N-ethyl adjacent to an activating group) is 1. The third-order valence-corrected chi connectivity index (χ3v) is 3.11. The zero-order chi connectivity index (χ0) is 15.6. The van der Waals surface area contributed by atoms with Crippen molar-refractivity contribution in [1.29, 1.82) is 0 Å². The fourth-order valence-electron chi connectivity index (χ4n) is 1.97. The average molecular weight is 281 g/mol. The largest absolute Gasteiger partial charge is 0.390 e. The zero-order valence-corrected chi connectivity index (χ0v) is 13.7. The number of amides is 1. The summed E-state index contributed by atoms with van der Waals surface area (Å²) in [7, 11) is 0. The lowest BCUT2D eigenvalue weighted by Crippen LogP contribution is -2.20. The molecule has 3 nitrogen and oxygen atoms in total. The third-order valence-electron chi connectivity index (χ3n) is 3.11. The third kappa shape index (κ3) is 12.0. The van der Waals surface area contributed by atoms with E-state index >= 15 is 0 Å². The fourth-order valence-corrected chi connectivity index (χ4v) is 1.97. The van der Waals surface area contributed by atoms with Crippen LogP contribution in [0.25, 0.3) is 0 Å². The topological polar surface area (TPSA) is 49.3 Å². The first-order chi connectivity index (χ1) is 9.24. The number of aliphatic hydroxyl groups is 1. The first kappa shape index (κ1) is 18.9. The molecule has 0 rings (SSSR count). The highest BCUT2D eigenvalue weighted by molar-refractivity contribution is 5.88. The maximum absolute atomic E-state index is 11.3. The van der Waals surface area contributed by atoms with Gasteiger partial charge in [0, 0.05) is 12.6 Å². The van der Waals surface area contributed by atoms with Crippen LogP contribution in [-0.4, -0.2) is 23.2 Å². The Morgan fingerprint density at radius 1 is 1.40 bits per heavy atom. The maximum Gasteiger partial charge on any atom is 0.244 e. The molecule has 0 aromatic heterocycles. The van der Waals surface area contributed by atoms with Crippen molar-refractivity contribution >= 4 is 5.91 Å². The zero-order valence-electron chi connectivity index (χ0n) is 13.7. The van der Waals surface area contributed by atoms with Crippen LogP contribution in [0, 0.1) is 5.92 Å². The second-order valence-corrected chi connectivity index (χ2v) is 6.23. The smallest absolute Gasteiger partial charge is 0.244 e. The van der Waals surface area contributed by atoms with Gasteiger partial charge in [-0.2, -0.15) is 0 Å². The summed E-state index contributed by atoms with van der Waals surface area (Å²) in [5.74, 6) is 0.568. The Labute approximate surface area is 124 Å². The molecule has 0 saturated heterocycles. The van der Waals surface area contributed by atoms with Crippen molar-refractivity contribution in [3.8, 4) is 0 Å². The van der Waals surface area contributed by atoms with Crippen molar-refractivity contribution in [2.75, 3.05) is 6.54 Å². The van der Waals surface area contributed by atoms with Gasteiger partial charge in [-0.1, -0.05) is 31.9 Å². The van der Waals surface area contributed by atoms with E-state index in [9.17, 15) is 9.90 Å². The number of nitrogens with one attached hydrogen (secondary N) is 1. The summed E-state index contributed by atoms with van der Waals surface area (Å²) in [6.07, 6.45) is 9.77. The Kier molecular flexibility index (Phi) is 9.23. The van der Waals surface area contributed by atoms with Gasteiger partial charge in [0.25, 0.3) is 0 Å². The van der Waals surface area contributed by atoms with Gasteiger partial charge in [0.1, 0.15) is 0 Å². The molecule has 0 aliphatic carbocycles. The van der Waals surface area contributed by atoms with Crippen LogP contribution in [-0.2, 0) is 4.79 Å². The van der Waals surface area contributed by atoms with E-state index in [1.54, 1.807) is 6.08 Å². The van der Waals surface area contributed by atoms with Crippen molar-refractivity contribution in [1.82, 2.24) is 5.32 Å². The number of rotatable bonds is 9. The molecule has 20 heavy (non-hydrogen) atoms. The molecule has 0 aromatic carbocycles. The highest BCUT2D eigenvalue weighted by atomic mass is 16.3. The van der Waals surface area contributed by atoms with Crippen molar-refractivity contribution < 1.29 is 9.90 Å². The molecule has 3 heteroatoms. The lowest BCUT2D eigenvalue weighted by molar-refractivity contribution is -0.116. The van der Waals surface area contributed by atoms with Crippen LogP contribution in [0.4, 0.5) is 0 Å². The molecule has 0 aliphatic heterocycles. The molecular formula is C17H31NO2. The normalized spacial score (nSPS) is 14.6. The lowest BCUT2D eigenvalue weighted by Gasteiger charge is -2.17. The van der Waals surface area contributed by atoms with E-state index in [4.69, 9.17) is 0 Å². The van der Waals surface area contributed by atoms with Crippen LogP contribution >= 0.6 is 0 Å². The minimum absolute atomic E-state index is 0.0344. The van der Waals surface area contributed by atoms with Gasteiger partial charge in [0.2, 0.25) is 5.91 Å². The number of hydrogen-bond donors (Lipinski definition) is 2. The van der Waals surface area contributed by atoms with Gasteiger partial charge in [-0.3, -0.25) is 4.79 Å². The Hall–Kier alpha value is -1.09. The average Bonchev–Trinajstić information content (AvgIpc) is 2.27. The number of hydrogen-bond acceptors (Lipinski definition) is 2. The quantitative estimate of drug-likeness (QED) is 0.501. The van der Waals surface area contributed by atoms with Gasteiger partial charge in [-0.25, -0.2) is 0 Å². The minimum atomic E-state index is -0.554. The molecule has 116 valence electrons. The van der Waals surface area contributed by atoms with Crippen LogP contribution in [0.15, 0.2) is 23.8 Å². The summed E-state index contributed by atoms with van der Waals surface area (Å²) in [6, 6.07) is 0. The molecule has 1 amide bonds. The van der Waals surface area contributed by atoms with Crippen molar-refractivity contribution in [3.63, 3.8) is 0 Å². The highest BCUT2D eigenvalue weighted by Crippen LogP contribution is 2.18. The molecule has 0 bridgehead atoms. The van der Waals surface area contributed by atoms with E-state index < -0.39 is 5.60 Å². The predicted molar refractivity (Wildman–Crippen MR) is 85.5 cm³/mol. The van der Waals surface area contributed by atoms with Crippen molar-refractivity contribution in [3.05, 3.63) is 23.8 Å². The summed E-state index contributed by atoms with van der Waals surface area (Å²) in [6.45, 7) is 10.4. The summed E-state index contributed by atoms with van der Waals surface area (Å²) in [5.41, 5.74) is 0.418. The lowest BCUT2D eigenvalue weighted by atomic mass is 9.95. The molecule has 0 radical (unpaired) electrons. The fraction of sp³-hybridized carbons (Fsp3) is 0.706. The molecule has 1 unspecified atom stereocenters. The van der Waals surface area contributed by atoms with Gasteiger partial charge < -0.3 is 10.4 Å². The molecule has 2 N–H and O–H groups in total. The van der Waals surface area contributed by atoms with Gasteiger partial charge in [0.15, 0.2) is 0 Å². The Morgan fingerprint density at radius 3 is 2.60 bits per heavy atom. The Bertz CT molecular complexity index is 337. The monoisotopic (exact) mass is 281 g/mol. The van der Waals surface area contributed by atoms with Gasteiger partial charge in [-0.15, -0.1) is 0 Å². The summed E-state index contributed by atoms with van der Waals surface area (Å²) in [5, 5.41) is 12.4. The molecular weight excluding hydrogens is 250 g/mol. The highest BCUT2D eigenvalue weighted by Gasteiger charge is 2.12. The van der Waals surface area contributed by atoms with Crippen LogP contribution in [0.3, 0.4) is 0 Å². The first-order valence-corrected chi connectivity index (χ1v) is 7.59. The van der Waals surface area contributed by atoms with Crippen molar-refractivity contribution in [2.45, 2.75) is 65.9 Å². The van der Waals surface area contributed by atoms with Gasteiger partial charge in [0.05, 0.1) is 5.60 Å². The van der Waals surface area contributed by atoms with Gasteiger partial charge in [-0.05, 0) is 52.0 Å². The first-order valence-electron chi connectivity index (χ1n) is 7.59. The van der Waals surface area contributed by atoms with E-state index in [-0.39, 0.29) is 5.91 Å². The van der Waals surface area contributed by atoms with E-state index in [1.807, 2.05) is 33.8 Å². The minimum Gasteiger partial charge on any atom is -0.390 e. The second-order valence-electron chi connectivity index (χ2n) is 6.23. The number of carbonyl (C=O) groups is 1. The van der Waals surface area contributed by atoms with E-state index in [1.165, 1.54) is 0 Å². The van der Waals surface area contributed by atoms with Gasteiger partial charge >= 0.3 is 0 Å². The number of allylic oxidation sites excluding steroid dienone is 3. The van der Waals surface area contributed by atoms with Crippen LogP contribution in [0.5, 0.6) is 0 Å². The standard InChI is InChI=1S/C17H31NO2/c1-6-18-16(19)13-15(3)10-7-9-14(2)11-8-12-17(4,5)20/h7,10,13-14,20H,6,8-9,11-12H2,1-5H3,(H,18,19)/b10-7+,15-13+. The van der Waals surface area contributed by atoms with E-state index in [0.29, 0.717) is 12.5 Å². The molecule has 1 atom stereocenters. The molecule has 0 heterocycles. The van der Waals surface area contributed by atoms with Crippen molar-refractivity contribution in [2.24, 2.45) is 5.92 Å².